The van der Waals surface area contributed by atoms with Crippen LogP contribution in [0.15, 0.2) is 91.0 Å². The molecule has 1 saturated heterocycles. The number of carbonyl (C=O) groups excluding carboxylic acids is 1. The fourth-order valence-corrected chi connectivity index (χ4v) is 3.83. The van der Waals surface area contributed by atoms with Gasteiger partial charge in [0.15, 0.2) is 0 Å². The summed E-state index contributed by atoms with van der Waals surface area (Å²) in [7, 11) is 0. The summed E-state index contributed by atoms with van der Waals surface area (Å²) in [5, 5.41) is 0. The summed E-state index contributed by atoms with van der Waals surface area (Å²) < 4.78 is 0. The van der Waals surface area contributed by atoms with Crippen molar-refractivity contribution in [1.29, 1.82) is 0 Å². The lowest BCUT2D eigenvalue weighted by Crippen LogP contribution is -2.57. The number of carbonyl (C=O) groups is 1. The molecule has 0 saturated carbocycles. The lowest BCUT2D eigenvalue weighted by atomic mass is 10.1. The minimum atomic E-state index is 0.0919. The predicted octanol–water partition coefficient (Wildman–Crippen LogP) is 5.10. The molecule has 3 aromatic rings. The molecule has 0 spiro atoms. The molecule has 3 aromatic carbocycles. The van der Waals surface area contributed by atoms with E-state index in [4.69, 9.17) is 0 Å². The maximum atomic E-state index is 13.3. The van der Waals surface area contributed by atoms with Crippen molar-refractivity contribution in [2.75, 3.05) is 13.3 Å². The topological polar surface area (TPSA) is 26.8 Å². The van der Waals surface area contributed by atoms with Crippen molar-refractivity contribution in [2.45, 2.75) is 26.1 Å². The number of rotatable bonds is 6. The highest BCUT2D eigenvalue weighted by atomic mass is 16.2. The highest BCUT2D eigenvalue weighted by Gasteiger charge is 2.32. The molecule has 0 radical (unpaired) electrons. The molecule has 0 unspecified atom stereocenters. The fraction of sp³-hybridized carbons (Fsp3) is 0.240. The molecule has 4 nitrogen and oxygen atoms in total. The van der Waals surface area contributed by atoms with Gasteiger partial charge < -0.3 is 9.80 Å². The Bertz CT molecular complexity index is 861. The normalized spacial score (nSPS) is 16.1. The molecule has 1 heterocycles. The summed E-state index contributed by atoms with van der Waals surface area (Å²) >= 11 is 0. The number of hydrogen-bond acceptors (Lipinski definition) is 2. The quantitative estimate of drug-likeness (QED) is 0.590. The standard InChI is InChI=1S/C25H27N3O/c1-21(24-15-9-4-10-16-24)28-19-26(17-22-11-5-2-6-12-22)25(29)27(20-28)18-23-13-7-3-8-14-23/h2-16,21H,17-20H2,1H3/t21-/m0/s1. The largest absolute Gasteiger partial charge is 0.322 e. The molecule has 1 aliphatic heterocycles. The zero-order valence-corrected chi connectivity index (χ0v) is 16.8. The predicted molar refractivity (Wildman–Crippen MR) is 116 cm³/mol. The van der Waals surface area contributed by atoms with Crippen LogP contribution in [-0.2, 0) is 13.1 Å². The average Bonchev–Trinajstić information content (AvgIpc) is 2.78. The summed E-state index contributed by atoms with van der Waals surface area (Å²) in [6.45, 7) is 4.68. The molecule has 1 aliphatic rings. The van der Waals surface area contributed by atoms with Crippen molar-refractivity contribution in [3.63, 3.8) is 0 Å². The van der Waals surface area contributed by atoms with Crippen LogP contribution in [0, 0.1) is 0 Å². The highest BCUT2D eigenvalue weighted by molar-refractivity contribution is 5.75. The van der Waals surface area contributed by atoms with Crippen molar-refractivity contribution in [3.8, 4) is 0 Å². The third-order valence-electron chi connectivity index (χ3n) is 5.51. The first-order valence-corrected chi connectivity index (χ1v) is 10.1. The number of amides is 2. The molecule has 0 bridgehead atoms. The summed E-state index contributed by atoms with van der Waals surface area (Å²) in [6.07, 6.45) is 0. The number of hydrogen-bond donors (Lipinski definition) is 0. The first-order chi connectivity index (χ1) is 14.2. The number of benzene rings is 3. The molecule has 148 valence electrons. The summed E-state index contributed by atoms with van der Waals surface area (Å²) in [5.41, 5.74) is 3.56. The molecule has 4 heteroatoms. The minimum absolute atomic E-state index is 0.0919. The average molecular weight is 386 g/mol. The zero-order chi connectivity index (χ0) is 20.1. The summed E-state index contributed by atoms with van der Waals surface area (Å²) in [4.78, 5) is 19.5. The van der Waals surface area contributed by atoms with Crippen LogP contribution < -0.4 is 0 Å². The molecule has 0 aliphatic carbocycles. The Morgan fingerprint density at radius 1 is 0.690 bits per heavy atom. The van der Waals surface area contributed by atoms with Crippen LogP contribution in [0.25, 0.3) is 0 Å². The smallest absolute Gasteiger partial charge is 0.307 e. The van der Waals surface area contributed by atoms with Crippen LogP contribution in [0.2, 0.25) is 0 Å². The van der Waals surface area contributed by atoms with Gasteiger partial charge in [-0.15, -0.1) is 0 Å². The summed E-state index contributed by atoms with van der Waals surface area (Å²) in [5.74, 6) is 0. The van der Waals surface area contributed by atoms with Gasteiger partial charge in [0.2, 0.25) is 0 Å². The van der Waals surface area contributed by atoms with Gasteiger partial charge >= 0.3 is 6.03 Å². The minimum Gasteiger partial charge on any atom is -0.307 e. The first kappa shape index (κ1) is 19.2. The second-order valence-electron chi connectivity index (χ2n) is 7.61. The van der Waals surface area contributed by atoms with Crippen molar-refractivity contribution >= 4 is 6.03 Å². The molecule has 2 amide bonds. The Balaban J connectivity index is 1.57. The Labute approximate surface area is 173 Å². The van der Waals surface area contributed by atoms with Crippen molar-refractivity contribution in [1.82, 2.24) is 14.7 Å². The Hall–Kier alpha value is -3.11. The zero-order valence-electron chi connectivity index (χ0n) is 16.8. The Kier molecular flexibility index (Phi) is 5.92. The summed E-state index contributed by atoms with van der Waals surface area (Å²) in [6, 6.07) is 31.2. The maximum Gasteiger partial charge on any atom is 0.322 e. The van der Waals surface area contributed by atoms with E-state index in [1.54, 1.807) is 0 Å². The van der Waals surface area contributed by atoms with Crippen LogP contribution in [-0.4, -0.2) is 34.1 Å². The van der Waals surface area contributed by atoms with Crippen LogP contribution >= 0.6 is 0 Å². The van der Waals surface area contributed by atoms with E-state index in [1.807, 2.05) is 52.3 Å². The van der Waals surface area contributed by atoms with Gasteiger partial charge in [-0.1, -0.05) is 91.0 Å². The number of urea groups is 1. The van der Waals surface area contributed by atoms with E-state index in [0.717, 1.165) is 11.1 Å². The molecule has 1 atom stereocenters. The lowest BCUT2D eigenvalue weighted by Gasteiger charge is -2.44. The van der Waals surface area contributed by atoms with Gasteiger partial charge in [0, 0.05) is 19.1 Å². The van der Waals surface area contributed by atoms with Gasteiger partial charge in [0.25, 0.3) is 0 Å². The van der Waals surface area contributed by atoms with E-state index in [1.165, 1.54) is 5.56 Å². The molecule has 0 aromatic heterocycles. The van der Waals surface area contributed by atoms with Gasteiger partial charge in [-0.25, -0.2) is 4.79 Å². The molecule has 29 heavy (non-hydrogen) atoms. The SMILES string of the molecule is C[C@@H](c1ccccc1)N1CN(Cc2ccccc2)C(=O)N(Cc2ccccc2)C1. The van der Waals surface area contributed by atoms with E-state index in [2.05, 4.69) is 60.4 Å². The van der Waals surface area contributed by atoms with Crippen LogP contribution in [0.4, 0.5) is 4.79 Å². The van der Waals surface area contributed by atoms with Crippen LogP contribution in [0.1, 0.15) is 29.7 Å². The Morgan fingerprint density at radius 2 is 1.10 bits per heavy atom. The molecule has 0 N–H and O–H groups in total. The van der Waals surface area contributed by atoms with Gasteiger partial charge in [-0.05, 0) is 23.6 Å². The molecule has 4 rings (SSSR count). The van der Waals surface area contributed by atoms with E-state index in [9.17, 15) is 4.79 Å². The third-order valence-corrected chi connectivity index (χ3v) is 5.51. The fourth-order valence-electron chi connectivity index (χ4n) is 3.83. The monoisotopic (exact) mass is 385 g/mol. The van der Waals surface area contributed by atoms with E-state index >= 15 is 0 Å². The van der Waals surface area contributed by atoms with Gasteiger partial charge in [-0.3, -0.25) is 4.90 Å². The Morgan fingerprint density at radius 3 is 1.55 bits per heavy atom. The van der Waals surface area contributed by atoms with Crippen LogP contribution in [0.3, 0.4) is 0 Å². The molecule has 1 fully saturated rings. The maximum absolute atomic E-state index is 13.3. The third kappa shape index (κ3) is 4.66. The van der Waals surface area contributed by atoms with E-state index < -0.39 is 0 Å². The van der Waals surface area contributed by atoms with Crippen molar-refractivity contribution in [2.24, 2.45) is 0 Å². The van der Waals surface area contributed by atoms with Crippen LogP contribution in [0.5, 0.6) is 0 Å². The van der Waals surface area contributed by atoms with E-state index in [0.29, 0.717) is 26.4 Å². The number of nitrogens with zero attached hydrogens (tertiary/aromatic N) is 3. The molecular formula is C25H27N3O. The lowest BCUT2D eigenvalue weighted by molar-refractivity contribution is 0.00579. The van der Waals surface area contributed by atoms with Gasteiger partial charge in [0.1, 0.15) is 0 Å². The van der Waals surface area contributed by atoms with Crippen molar-refractivity contribution < 1.29 is 4.79 Å². The van der Waals surface area contributed by atoms with E-state index in [-0.39, 0.29) is 12.1 Å². The van der Waals surface area contributed by atoms with Gasteiger partial charge in [-0.2, -0.15) is 0 Å². The van der Waals surface area contributed by atoms with Crippen molar-refractivity contribution in [3.05, 3.63) is 108 Å². The second-order valence-corrected chi connectivity index (χ2v) is 7.61. The molecular weight excluding hydrogens is 358 g/mol. The first-order valence-electron chi connectivity index (χ1n) is 10.1. The highest BCUT2D eigenvalue weighted by Crippen LogP contribution is 2.25. The second kappa shape index (κ2) is 8.93. The van der Waals surface area contributed by atoms with Gasteiger partial charge in [0.05, 0.1) is 13.3 Å².